The van der Waals surface area contributed by atoms with Crippen LogP contribution in [0.4, 0.5) is 21.7 Å². The first-order valence-corrected chi connectivity index (χ1v) is 11.6. The molecule has 1 aliphatic heterocycles. The van der Waals surface area contributed by atoms with Crippen LogP contribution in [-0.2, 0) is 11.3 Å². The van der Waals surface area contributed by atoms with Crippen LogP contribution in [0.1, 0.15) is 36.0 Å². The molecule has 2 aliphatic rings. The number of ether oxygens (including phenoxy) is 1. The van der Waals surface area contributed by atoms with E-state index in [0.717, 1.165) is 19.4 Å². The molecule has 5 rings (SSSR count). The van der Waals surface area contributed by atoms with E-state index >= 15 is 0 Å². The van der Waals surface area contributed by atoms with Crippen LogP contribution < -0.4 is 21.5 Å². The number of anilines is 3. The zero-order valence-corrected chi connectivity index (χ0v) is 19.0. The predicted octanol–water partition coefficient (Wildman–Crippen LogP) is 2.33. The Bertz CT molecular complexity index is 1250. The number of hydrogen-bond donors (Lipinski definition) is 3. The molecule has 11 heteroatoms. The number of pyridine rings is 1. The molecule has 1 saturated heterocycles. The fourth-order valence-electron chi connectivity index (χ4n) is 4.38. The Morgan fingerprint density at radius 2 is 2.21 bits per heavy atom. The highest BCUT2D eigenvalue weighted by molar-refractivity contribution is 6.00. The molecule has 1 saturated carbocycles. The van der Waals surface area contributed by atoms with E-state index in [9.17, 15) is 14.0 Å². The van der Waals surface area contributed by atoms with Crippen molar-refractivity contribution in [3.63, 3.8) is 0 Å². The van der Waals surface area contributed by atoms with E-state index in [-0.39, 0.29) is 11.1 Å². The summed E-state index contributed by atoms with van der Waals surface area (Å²) in [4.78, 5) is 30.4. The van der Waals surface area contributed by atoms with E-state index in [0.29, 0.717) is 54.9 Å². The van der Waals surface area contributed by atoms with Crippen LogP contribution in [0.15, 0.2) is 35.4 Å². The van der Waals surface area contributed by atoms with Crippen LogP contribution in [0.3, 0.4) is 0 Å². The molecule has 3 aromatic heterocycles. The maximum atomic E-state index is 13.6. The van der Waals surface area contributed by atoms with Crippen molar-refractivity contribution in [2.45, 2.75) is 44.4 Å². The summed E-state index contributed by atoms with van der Waals surface area (Å²) in [5, 5.41) is 13.1. The Labute approximate surface area is 195 Å². The second kappa shape index (κ2) is 9.41. The van der Waals surface area contributed by atoms with Crippen LogP contribution in [0.2, 0.25) is 0 Å². The molecule has 3 N–H and O–H groups in total. The topological polar surface area (TPSA) is 115 Å². The Kier molecular flexibility index (Phi) is 6.18. The zero-order valence-electron chi connectivity index (χ0n) is 19.0. The van der Waals surface area contributed by atoms with Crippen molar-refractivity contribution in [1.82, 2.24) is 24.5 Å². The van der Waals surface area contributed by atoms with Crippen molar-refractivity contribution >= 4 is 28.9 Å². The van der Waals surface area contributed by atoms with Crippen LogP contribution in [0, 0.1) is 5.92 Å². The summed E-state index contributed by atoms with van der Waals surface area (Å²) in [5.41, 5.74) is 0.754. The van der Waals surface area contributed by atoms with Crippen LogP contribution in [-0.4, -0.2) is 57.5 Å². The van der Waals surface area contributed by atoms with Gasteiger partial charge in [0.25, 0.3) is 11.5 Å². The fraction of sp³-hybridized carbons (Fsp3) is 0.478. The molecule has 0 bridgehead atoms. The largest absolute Gasteiger partial charge is 0.381 e. The van der Waals surface area contributed by atoms with Gasteiger partial charge in [0.2, 0.25) is 0 Å². The summed E-state index contributed by atoms with van der Waals surface area (Å²) in [5.74, 6) is 0.841. The van der Waals surface area contributed by atoms with E-state index in [1.54, 1.807) is 29.9 Å². The monoisotopic (exact) mass is 469 g/mol. The van der Waals surface area contributed by atoms with Crippen LogP contribution >= 0.6 is 0 Å². The third kappa shape index (κ3) is 4.35. The van der Waals surface area contributed by atoms with E-state index < -0.39 is 18.1 Å². The van der Waals surface area contributed by atoms with Crippen molar-refractivity contribution in [2.24, 2.45) is 5.92 Å². The minimum Gasteiger partial charge on any atom is -0.381 e. The number of nitrogens with zero attached hydrogens (tertiary/aromatic N) is 4. The van der Waals surface area contributed by atoms with E-state index in [1.165, 1.54) is 10.7 Å². The highest BCUT2D eigenvalue weighted by Crippen LogP contribution is 2.25. The number of rotatable bonds is 7. The number of aromatic nitrogens is 4. The third-order valence-corrected chi connectivity index (χ3v) is 6.47. The average Bonchev–Trinajstić information content (AvgIpc) is 3.28. The van der Waals surface area contributed by atoms with Crippen LogP contribution in [0.25, 0.3) is 5.65 Å². The standard InChI is InChI=1S/C23H28FN7O3/c1-25-20-10-19(27-18-5-2-8-30(23(18)33)12-14-4-3-9-34-13-14)29-21-15(11-26-31(20)21)22(32)28-17-7-6-16(17)24/h2,5,8,10-11,14,16-17,25H,3-4,6-7,9,12-13H2,1H3,(H,27,29)(H,28,32)/t14-,16-,17?/m1/s1. The first-order chi connectivity index (χ1) is 16.5. The maximum Gasteiger partial charge on any atom is 0.274 e. The minimum atomic E-state index is -1.02. The van der Waals surface area contributed by atoms with Gasteiger partial charge < -0.3 is 25.3 Å². The molecule has 3 atom stereocenters. The molecule has 2 fully saturated rings. The zero-order chi connectivity index (χ0) is 23.7. The van der Waals surface area contributed by atoms with Crippen molar-refractivity contribution in [2.75, 3.05) is 30.9 Å². The normalized spacial score (nSPS) is 22.2. The lowest BCUT2D eigenvalue weighted by atomic mass is 9.90. The molecular formula is C23H28FN7O3. The molecule has 10 nitrogen and oxygen atoms in total. The van der Waals surface area contributed by atoms with Crippen molar-refractivity contribution < 1.29 is 13.9 Å². The van der Waals surface area contributed by atoms with Gasteiger partial charge in [0.15, 0.2) is 5.65 Å². The summed E-state index contributed by atoms with van der Waals surface area (Å²) in [6, 6.07) is 4.74. The molecule has 34 heavy (non-hydrogen) atoms. The highest BCUT2D eigenvalue weighted by Gasteiger charge is 2.33. The van der Waals surface area contributed by atoms with Gasteiger partial charge in [0, 0.05) is 38.4 Å². The smallest absolute Gasteiger partial charge is 0.274 e. The molecule has 0 aromatic carbocycles. The van der Waals surface area contributed by atoms with Crippen molar-refractivity contribution in [1.29, 1.82) is 0 Å². The Morgan fingerprint density at radius 3 is 2.91 bits per heavy atom. The molecule has 1 aliphatic carbocycles. The van der Waals surface area contributed by atoms with Gasteiger partial charge in [-0.15, -0.1) is 0 Å². The summed E-state index contributed by atoms with van der Waals surface area (Å²) in [7, 11) is 1.73. The van der Waals surface area contributed by atoms with Gasteiger partial charge in [0.05, 0.1) is 18.8 Å². The minimum absolute atomic E-state index is 0.161. The van der Waals surface area contributed by atoms with Gasteiger partial charge in [-0.1, -0.05) is 0 Å². The van der Waals surface area contributed by atoms with Gasteiger partial charge in [-0.05, 0) is 37.8 Å². The van der Waals surface area contributed by atoms with Crippen molar-refractivity contribution in [3.8, 4) is 0 Å². The van der Waals surface area contributed by atoms with Gasteiger partial charge in [-0.2, -0.15) is 9.61 Å². The predicted molar refractivity (Wildman–Crippen MR) is 125 cm³/mol. The second-order valence-corrected chi connectivity index (χ2v) is 8.83. The van der Waals surface area contributed by atoms with Crippen molar-refractivity contribution in [3.05, 3.63) is 46.5 Å². The summed E-state index contributed by atoms with van der Waals surface area (Å²) < 4.78 is 22.4. The van der Waals surface area contributed by atoms with Gasteiger partial charge in [0.1, 0.15) is 29.1 Å². The Hall–Kier alpha value is -3.47. The van der Waals surface area contributed by atoms with E-state index in [1.807, 2.05) is 6.07 Å². The highest BCUT2D eigenvalue weighted by atomic mass is 19.1. The average molecular weight is 470 g/mol. The maximum absolute atomic E-state index is 13.6. The molecule has 1 amide bonds. The third-order valence-electron chi connectivity index (χ3n) is 6.47. The van der Waals surface area contributed by atoms with Gasteiger partial charge in [-0.25, -0.2) is 9.37 Å². The number of carbonyl (C=O) groups excluding carboxylic acids is 1. The Balaban J connectivity index is 1.42. The molecule has 180 valence electrons. The fourth-order valence-corrected chi connectivity index (χ4v) is 4.38. The first-order valence-electron chi connectivity index (χ1n) is 11.6. The lowest BCUT2D eigenvalue weighted by Crippen LogP contribution is -2.48. The molecule has 0 spiro atoms. The molecule has 1 unspecified atom stereocenters. The number of amides is 1. The summed E-state index contributed by atoms with van der Waals surface area (Å²) in [6.07, 6.45) is 5.27. The lowest BCUT2D eigenvalue weighted by Gasteiger charge is -2.30. The molecular weight excluding hydrogens is 441 g/mol. The number of hydrogen-bond acceptors (Lipinski definition) is 7. The second-order valence-electron chi connectivity index (χ2n) is 8.83. The summed E-state index contributed by atoms with van der Waals surface area (Å²) >= 11 is 0. The molecule has 0 radical (unpaired) electrons. The SMILES string of the molecule is CNc1cc(Nc2cccn(C[C@H]3CCCOC3)c2=O)nc2c(C(=O)NC3CC[C@H]3F)cnn12. The number of halogens is 1. The summed E-state index contributed by atoms with van der Waals surface area (Å²) in [6.45, 7) is 2.02. The molecule has 4 heterocycles. The van der Waals surface area contributed by atoms with E-state index in [4.69, 9.17) is 4.74 Å². The Morgan fingerprint density at radius 1 is 1.32 bits per heavy atom. The number of carbonyl (C=O) groups is 1. The number of nitrogens with one attached hydrogen (secondary N) is 3. The van der Waals surface area contributed by atoms with Gasteiger partial charge >= 0.3 is 0 Å². The van der Waals surface area contributed by atoms with Crippen LogP contribution in [0.5, 0.6) is 0 Å². The molecule has 3 aromatic rings. The number of alkyl halides is 1. The lowest BCUT2D eigenvalue weighted by molar-refractivity contribution is 0.0480. The van der Waals surface area contributed by atoms with Gasteiger partial charge in [-0.3, -0.25) is 9.59 Å². The first kappa shape index (κ1) is 22.3. The van der Waals surface area contributed by atoms with E-state index in [2.05, 4.69) is 26.0 Å². The quantitative estimate of drug-likeness (QED) is 0.487. The number of fused-ring (bicyclic) bond motifs is 1.